The lowest BCUT2D eigenvalue weighted by Gasteiger charge is -2.13. The summed E-state index contributed by atoms with van der Waals surface area (Å²) in [6.45, 7) is 0.680. The lowest BCUT2D eigenvalue weighted by molar-refractivity contribution is 0.0698. The molecule has 0 aliphatic heterocycles. The van der Waals surface area contributed by atoms with Crippen molar-refractivity contribution in [2.24, 2.45) is 5.92 Å². The number of nitrogens with two attached hydrogens (primary N) is 1. The van der Waals surface area contributed by atoms with Gasteiger partial charge in [0.25, 0.3) is 0 Å². The van der Waals surface area contributed by atoms with E-state index in [0.29, 0.717) is 12.5 Å². The molecule has 1 aromatic rings. The molecule has 1 saturated carbocycles. The summed E-state index contributed by atoms with van der Waals surface area (Å²) in [5, 5.41) is 11.9. The van der Waals surface area contributed by atoms with Crippen LogP contribution >= 0.6 is 0 Å². The maximum absolute atomic E-state index is 13.6. The van der Waals surface area contributed by atoms with Gasteiger partial charge in [-0.25, -0.2) is 9.18 Å². The molecule has 1 aliphatic carbocycles. The van der Waals surface area contributed by atoms with Crippen LogP contribution < -0.4 is 11.1 Å². The van der Waals surface area contributed by atoms with E-state index in [2.05, 4.69) is 5.32 Å². The molecule has 0 atom stereocenters. The average molecular weight is 252 g/mol. The van der Waals surface area contributed by atoms with Crippen molar-refractivity contribution in [2.75, 3.05) is 17.6 Å². The van der Waals surface area contributed by atoms with E-state index in [0.717, 1.165) is 18.9 Å². The molecule has 0 aromatic heterocycles. The van der Waals surface area contributed by atoms with E-state index in [1.165, 1.54) is 18.9 Å². The number of halogens is 1. The summed E-state index contributed by atoms with van der Waals surface area (Å²) < 4.78 is 13.6. The minimum absolute atomic E-state index is 0.0496. The van der Waals surface area contributed by atoms with Gasteiger partial charge in [-0.2, -0.15) is 0 Å². The van der Waals surface area contributed by atoms with Crippen molar-refractivity contribution in [1.82, 2.24) is 0 Å². The summed E-state index contributed by atoms with van der Waals surface area (Å²) in [4.78, 5) is 10.9. The SMILES string of the molecule is Nc1cc(F)c(NCC2CCCC2)cc1C(=O)O. The van der Waals surface area contributed by atoms with Gasteiger partial charge in [-0.15, -0.1) is 0 Å². The normalized spacial score (nSPS) is 15.8. The summed E-state index contributed by atoms with van der Waals surface area (Å²) in [6.07, 6.45) is 4.73. The van der Waals surface area contributed by atoms with Gasteiger partial charge in [0, 0.05) is 12.2 Å². The Morgan fingerprint density at radius 3 is 2.72 bits per heavy atom. The maximum Gasteiger partial charge on any atom is 0.337 e. The zero-order valence-electron chi connectivity index (χ0n) is 10.1. The maximum atomic E-state index is 13.6. The minimum atomic E-state index is -1.14. The Balaban J connectivity index is 2.11. The van der Waals surface area contributed by atoms with E-state index < -0.39 is 11.8 Å². The van der Waals surface area contributed by atoms with Crippen molar-refractivity contribution >= 4 is 17.3 Å². The highest BCUT2D eigenvalue weighted by atomic mass is 19.1. The van der Waals surface area contributed by atoms with Gasteiger partial charge < -0.3 is 16.2 Å². The predicted octanol–water partition coefficient (Wildman–Crippen LogP) is 2.71. The van der Waals surface area contributed by atoms with Gasteiger partial charge in [0.2, 0.25) is 0 Å². The first-order valence-corrected chi connectivity index (χ1v) is 6.14. The molecule has 4 nitrogen and oxygen atoms in total. The molecule has 98 valence electrons. The Labute approximate surface area is 105 Å². The van der Waals surface area contributed by atoms with Crippen LogP contribution in [0.2, 0.25) is 0 Å². The minimum Gasteiger partial charge on any atom is -0.478 e. The summed E-state index contributed by atoms with van der Waals surface area (Å²) in [6, 6.07) is 2.32. The number of nitrogens with one attached hydrogen (secondary N) is 1. The molecule has 4 N–H and O–H groups in total. The first kappa shape index (κ1) is 12.7. The fourth-order valence-corrected chi connectivity index (χ4v) is 2.38. The summed E-state index contributed by atoms with van der Waals surface area (Å²) in [5.41, 5.74) is 5.56. The molecule has 0 bridgehead atoms. The van der Waals surface area contributed by atoms with Crippen LogP contribution in [0.4, 0.5) is 15.8 Å². The molecule has 1 aliphatic rings. The Bertz CT molecular complexity index is 457. The van der Waals surface area contributed by atoms with E-state index in [-0.39, 0.29) is 16.9 Å². The van der Waals surface area contributed by atoms with Gasteiger partial charge >= 0.3 is 5.97 Å². The number of anilines is 2. The summed E-state index contributed by atoms with van der Waals surface area (Å²) in [7, 11) is 0. The van der Waals surface area contributed by atoms with Crippen LogP contribution in [0, 0.1) is 11.7 Å². The monoisotopic (exact) mass is 252 g/mol. The topological polar surface area (TPSA) is 75.3 Å². The van der Waals surface area contributed by atoms with Crippen molar-refractivity contribution in [3.05, 3.63) is 23.5 Å². The first-order valence-electron chi connectivity index (χ1n) is 6.14. The summed E-state index contributed by atoms with van der Waals surface area (Å²) in [5.74, 6) is -1.10. The number of aromatic carboxylic acids is 1. The van der Waals surface area contributed by atoms with Crippen LogP contribution in [0.15, 0.2) is 12.1 Å². The fraction of sp³-hybridized carbons (Fsp3) is 0.462. The van der Waals surface area contributed by atoms with Gasteiger partial charge in [0.05, 0.1) is 11.3 Å². The quantitative estimate of drug-likeness (QED) is 0.720. The van der Waals surface area contributed by atoms with Gasteiger partial charge in [-0.05, 0) is 30.9 Å². The zero-order chi connectivity index (χ0) is 13.1. The molecule has 0 radical (unpaired) electrons. The van der Waals surface area contributed by atoms with Crippen LogP contribution in [0.3, 0.4) is 0 Å². The third kappa shape index (κ3) is 2.72. The lowest BCUT2D eigenvalue weighted by Crippen LogP contribution is -2.13. The van der Waals surface area contributed by atoms with Crippen LogP contribution in [0.1, 0.15) is 36.0 Å². The molecular formula is C13H17FN2O2. The Morgan fingerprint density at radius 2 is 2.11 bits per heavy atom. The smallest absolute Gasteiger partial charge is 0.337 e. The number of carbonyl (C=O) groups is 1. The first-order chi connectivity index (χ1) is 8.58. The van der Waals surface area contributed by atoms with Gasteiger partial charge in [0.1, 0.15) is 5.82 Å². The van der Waals surface area contributed by atoms with Crippen molar-refractivity contribution < 1.29 is 14.3 Å². The average Bonchev–Trinajstić information content (AvgIpc) is 2.80. The third-order valence-electron chi connectivity index (χ3n) is 3.43. The van der Waals surface area contributed by atoms with E-state index in [1.807, 2.05) is 0 Å². The van der Waals surface area contributed by atoms with Crippen LogP contribution in [-0.4, -0.2) is 17.6 Å². The van der Waals surface area contributed by atoms with E-state index in [4.69, 9.17) is 10.8 Å². The molecule has 18 heavy (non-hydrogen) atoms. The Morgan fingerprint density at radius 1 is 1.44 bits per heavy atom. The Kier molecular flexibility index (Phi) is 3.69. The second-order valence-electron chi connectivity index (χ2n) is 4.76. The molecule has 5 heteroatoms. The van der Waals surface area contributed by atoms with Crippen LogP contribution in [0.25, 0.3) is 0 Å². The molecule has 0 amide bonds. The van der Waals surface area contributed by atoms with Crippen molar-refractivity contribution in [3.63, 3.8) is 0 Å². The Hall–Kier alpha value is -1.78. The zero-order valence-corrected chi connectivity index (χ0v) is 10.1. The van der Waals surface area contributed by atoms with E-state index in [1.54, 1.807) is 0 Å². The van der Waals surface area contributed by atoms with Crippen LogP contribution in [0.5, 0.6) is 0 Å². The number of hydrogen-bond acceptors (Lipinski definition) is 3. The van der Waals surface area contributed by atoms with Crippen LogP contribution in [-0.2, 0) is 0 Å². The number of nitrogen functional groups attached to an aromatic ring is 1. The van der Waals surface area contributed by atoms with E-state index in [9.17, 15) is 9.18 Å². The molecule has 0 saturated heterocycles. The highest BCUT2D eigenvalue weighted by Crippen LogP contribution is 2.27. The highest BCUT2D eigenvalue weighted by Gasteiger charge is 2.17. The number of carboxylic acid groups (broad SMARTS) is 1. The molecule has 1 aromatic carbocycles. The molecular weight excluding hydrogens is 235 g/mol. The van der Waals surface area contributed by atoms with Crippen molar-refractivity contribution in [2.45, 2.75) is 25.7 Å². The predicted molar refractivity (Wildman–Crippen MR) is 68.2 cm³/mol. The fourth-order valence-electron chi connectivity index (χ4n) is 2.38. The molecule has 0 heterocycles. The number of rotatable bonds is 4. The van der Waals surface area contributed by atoms with Gasteiger partial charge in [-0.1, -0.05) is 12.8 Å². The van der Waals surface area contributed by atoms with Crippen molar-refractivity contribution in [3.8, 4) is 0 Å². The molecule has 0 unspecified atom stereocenters. The molecule has 0 spiro atoms. The molecule has 2 rings (SSSR count). The largest absolute Gasteiger partial charge is 0.478 e. The van der Waals surface area contributed by atoms with Gasteiger partial charge in [-0.3, -0.25) is 0 Å². The highest BCUT2D eigenvalue weighted by molar-refractivity contribution is 5.94. The number of benzene rings is 1. The number of hydrogen-bond donors (Lipinski definition) is 3. The second kappa shape index (κ2) is 5.25. The van der Waals surface area contributed by atoms with Gasteiger partial charge in [0.15, 0.2) is 0 Å². The van der Waals surface area contributed by atoms with E-state index >= 15 is 0 Å². The third-order valence-corrected chi connectivity index (χ3v) is 3.43. The number of carboxylic acids is 1. The standard InChI is InChI=1S/C13H17FN2O2/c14-10-6-11(15)9(13(17)18)5-12(10)16-7-8-3-1-2-4-8/h5-6,8,16H,1-4,7,15H2,(H,17,18). The lowest BCUT2D eigenvalue weighted by atomic mass is 10.1. The summed E-state index contributed by atoms with van der Waals surface area (Å²) >= 11 is 0. The van der Waals surface area contributed by atoms with Crippen molar-refractivity contribution in [1.29, 1.82) is 0 Å². The second-order valence-corrected chi connectivity index (χ2v) is 4.76. The molecule has 1 fully saturated rings.